The molecule has 9 atom stereocenters. The van der Waals surface area contributed by atoms with Crippen LogP contribution in [-0.2, 0) is 23.1 Å². The zero-order chi connectivity index (χ0) is 23.6. The second kappa shape index (κ2) is 8.16. The average molecular weight is 483 g/mol. The molecule has 1 aliphatic heterocycles. The molecule has 5 rings (SSSR count). The van der Waals surface area contributed by atoms with E-state index in [2.05, 4.69) is 26.5 Å². The van der Waals surface area contributed by atoms with Crippen LogP contribution in [0.2, 0.25) is 0 Å². The van der Waals surface area contributed by atoms with Crippen molar-refractivity contribution in [2.24, 2.45) is 34.5 Å². The highest BCUT2D eigenvalue weighted by atomic mass is 31.2. The Bertz CT molecular complexity index is 892. The molecule has 1 heterocycles. The molecule has 3 unspecified atom stereocenters. The van der Waals surface area contributed by atoms with Crippen LogP contribution in [0, 0.1) is 34.5 Å². The molecule has 0 bridgehead atoms. The van der Waals surface area contributed by atoms with Crippen LogP contribution in [0.4, 0.5) is 0 Å². The predicted octanol–water partition coefficient (Wildman–Crippen LogP) is 4.02. The molecular formula is C25H41NO6P+. The van der Waals surface area contributed by atoms with Crippen molar-refractivity contribution in [3.8, 4) is 0 Å². The van der Waals surface area contributed by atoms with Gasteiger partial charge < -0.3 is 15.4 Å². The summed E-state index contributed by atoms with van der Waals surface area (Å²) < 4.78 is 29.0. The predicted molar refractivity (Wildman–Crippen MR) is 123 cm³/mol. The van der Waals surface area contributed by atoms with Gasteiger partial charge in [-0.1, -0.05) is 13.8 Å². The van der Waals surface area contributed by atoms with Gasteiger partial charge in [0.2, 0.25) is 0 Å². The summed E-state index contributed by atoms with van der Waals surface area (Å²) in [6.07, 6.45) is 10.9. The summed E-state index contributed by atoms with van der Waals surface area (Å²) in [5, 5.41) is 0. The third kappa shape index (κ3) is 3.60. The van der Waals surface area contributed by atoms with E-state index in [0.717, 1.165) is 50.5 Å². The zero-order valence-corrected chi connectivity index (χ0v) is 21.3. The van der Waals surface area contributed by atoms with Gasteiger partial charge in [-0.2, -0.15) is 0 Å². The molecule has 4 aliphatic carbocycles. The summed E-state index contributed by atoms with van der Waals surface area (Å²) in [6.45, 7) is 7.52. The molecule has 8 heteroatoms. The van der Waals surface area contributed by atoms with E-state index in [1.807, 2.05) is 0 Å². The van der Waals surface area contributed by atoms with Crippen molar-refractivity contribution in [3.05, 3.63) is 11.6 Å². The molecule has 4 N–H and O–H groups in total. The van der Waals surface area contributed by atoms with Gasteiger partial charge in [0.1, 0.15) is 12.2 Å². The topological polar surface area (TPSA) is 110 Å². The van der Waals surface area contributed by atoms with Crippen molar-refractivity contribution < 1.29 is 33.8 Å². The second-order valence-electron chi connectivity index (χ2n) is 11.9. The lowest BCUT2D eigenvalue weighted by molar-refractivity contribution is -0.371. The van der Waals surface area contributed by atoms with Crippen LogP contribution < -0.4 is 5.73 Å². The Morgan fingerprint density at radius 1 is 1.15 bits per heavy atom. The maximum absolute atomic E-state index is 12.3. The van der Waals surface area contributed by atoms with E-state index in [1.54, 1.807) is 6.08 Å². The van der Waals surface area contributed by atoms with Crippen LogP contribution in [0.5, 0.6) is 0 Å². The van der Waals surface area contributed by atoms with Crippen LogP contribution in [0.3, 0.4) is 0 Å². The maximum Gasteiger partial charge on any atom is 0.472 e. The highest BCUT2D eigenvalue weighted by Crippen LogP contribution is 2.70. The van der Waals surface area contributed by atoms with Gasteiger partial charge in [0, 0.05) is 11.5 Å². The lowest BCUT2D eigenvalue weighted by atomic mass is 9.44. The number of hydrogen-bond acceptors (Lipinski definition) is 5. The number of quaternary nitrogens is 1. The summed E-state index contributed by atoms with van der Waals surface area (Å²) in [6, 6.07) is 0. The fourth-order valence-corrected chi connectivity index (χ4v) is 10.1. The first-order valence-electron chi connectivity index (χ1n) is 12.9. The van der Waals surface area contributed by atoms with Crippen LogP contribution in [0.25, 0.3) is 0 Å². The molecule has 0 aromatic heterocycles. The van der Waals surface area contributed by atoms with Gasteiger partial charge >= 0.3 is 13.8 Å². The van der Waals surface area contributed by atoms with E-state index < -0.39 is 7.82 Å². The highest BCUT2D eigenvalue weighted by molar-refractivity contribution is 7.47. The Kier molecular flexibility index (Phi) is 5.93. The van der Waals surface area contributed by atoms with Crippen LogP contribution in [0.1, 0.15) is 78.6 Å². The summed E-state index contributed by atoms with van der Waals surface area (Å²) in [4.78, 5) is 22.2. The SMILES string of the molecule is CC1=CC(=O)O[C@@]12CC[C@H]1C3CC[C@@H]4CC(OP(=O)(O)OCC[NH3+])CC[C@]4(C)[C@H]3CC[C@@]12C. The Labute approximate surface area is 197 Å². The second-order valence-corrected chi connectivity index (χ2v) is 13.3. The first kappa shape index (κ1) is 24.0. The molecule has 33 heavy (non-hydrogen) atoms. The number of fused-ring (bicyclic) bond motifs is 6. The van der Waals surface area contributed by atoms with Gasteiger partial charge in [-0.05, 0) is 99.4 Å². The standard InChI is InChI=1S/C25H40NO6P/c1-16-14-22(27)31-25(16)11-8-21-19-5-4-17-15-18(32-33(28,29)30-13-12-26)6-9-23(17,2)20(19)7-10-24(21,25)3/h14,17-21H,4-13,15,26H2,1-3H3,(H,28,29)/p+1/t17-,18?,19?,20+,21+,23+,24+,25+/m1/s1. The third-order valence-electron chi connectivity index (χ3n) is 10.7. The largest absolute Gasteiger partial charge is 0.472 e. The molecule has 0 aromatic rings. The van der Waals surface area contributed by atoms with E-state index in [4.69, 9.17) is 13.8 Å². The number of phosphoric acid groups is 1. The molecule has 0 amide bonds. The number of carbonyl (C=O) groups excluding carboxylic acids is 1. The highest BCUT2D eigenvalue weighted by Gasteiger charge is 2.68. The van der Waals surface area contributed by atoms with Crippen LogP contribution in [0.15, 0.2) is 11.6 Å². The van der Waals surface area contributed by atoms with Gasteiger partial charge in [-0.3, -0.25) is 9.05 Å². The molecule has 0 radical (unpaired) electrons. The third-order valence-corrected chi connectivity index (χ3v) is 11.7. The van der Waals surface area contributed by atoms with E-state index in [0.29, 0.717) is 30.2 Å². The maximum atomic E-state index is 12.3. The Morgan fingerprint density at radius 3 is 2.61 bits per heavy atom. The molecular weight excluding hydrogens is 441 g/mol. The molecule has 4 saturated carbocycles. The minimum absolute atomic E-state index is 0.0272. The van der Waals surface area contributed by atoms with Crippen molar-refractivity contribution >= 4 is 13.8 Å². The smallest absolute Gasteiger partial charge is 0.451 e. The molecule has 0 aromatic carbocycles. The average Bonchev–Trinajstić information content (AvgIpc) is 3.22. The normalized spacial score (nSPS) is 48.5. The molecule has 0 saturated heterocycles. The van der Waals surface area contributed by atoms with Gasteiger partial charge in [-0.25, -0.2) is 9.36 Å². The van der Waals surface area contributed by atoms with Crippen molar-refractivity contribution in [3.63, 3.8) is 0 Å². The van der Waals surface area contributed by atoms with Crippen molar-refractivity contribution in [2.75, 3.05) is 13.2 Å². The number of ether oxygens (including phenoxy) is 1. The number of carbonyl (C=O) groups is 1. The van der Waals surface area contributed by atoms with E-state index >= 15 is 0 Å². The van der Waals surface area contributed by atoms with Crippen molar-refractivity contribution in [1.82, 2.24) is 0 Å². The van der Waals surface area contributed by atoms with E-state index in [9.17, 15) is 14.3 Å². The summed E-state index contributed by atoms with van der Waals surface area (Å²) in [5.74, 6) is 2.27. The number of esters is 1. The number of rotatable bonds is 5. The first-order chi connectivity index (χ1) is 15.5. The number of hydrogen-bond donors (Lipinski definition) is 2. The van der Waals surface area contributed by atoms with Crippen molar-refractivity contribution in [1.29, 1.82) is 0 Å². The monoisotopic (exact) mass is 482 g/mol. The Balaban J connectivity index is 1.31. The van der Waals surface area contributed by atoms with Crippen LogP contribution >= 0.6 is 7.82 Å². The van der Waals surface area contributed by atoms with Gasteiger partial charge in [0.15, 0.2) is 0 Å². The molecule has 5 aliphatic rings. The molecule has 4 fully saturated rings. The lowest BCUT2D eigenvalue weighted by Crippen LogP contribution is -2.57. The minimum atomic E-state index is -4.01. The lowest BCUT2D eigenvalue weighted by Gasteiger charge is -2.61. The first-order valence-corrected chi connectivity index (χ1v) is 14.4. The minimum Gasteiger partial charge on any atom is -0.451 e. The summed E-state index contributed by atoms with van der Waals surface area (Å²) in [7, 11) is -4.01. The quantitative estimate of drug-likeness (QED) is 0.453. The fraction of sp³-hybridized carbons (Fsp3) is 0.880. The summed E-state index contributed by atoms with van der Waals surface area (Å²) in [5.41, 5.74) is 4.66. The van der Waals surface area contributed by atoms with Gasteiger partial charge in [0.05, 0.1) is 12.6 Å². The molecule has 1 spiro atoms. The molecule has 186 valence electrons. The van der Waals surface area contributed by atoms with E-state index in [1.165, 1.54) is 12.8 Å². The fourth-order valence-electron chi connectivity index (χ4n) is 9.10. The Hall–Kier alpha value is -0.720. The zero-order valence-electron chi connectivity index (χ0n) is 20.4. The Morgan fingerprint density at radius 2 is 1.91 bits per heavy atom. The van der Waals surface area contributed by atoms with E-state index in [-0.39, 0.29) is 35.1 Å². The van der Waals surface area contributed by atoms with Gasteiger partial charge in [-0.15, -0.1) is 0 Å². The molecule has 7 nitrogen and oxygen atoms in total. The number of phosphoric ester groups is 1. The van der Waals surface area contributed by atoms with Crippen LogP contribution in [-0.4, -0.2) is 35.7 Å². The van der Waals surface area contributed by atoms with Crippen molar-refractivity contribution in [2.45, 2.75) is 90.3 Å². The van der Waals surface area contributed by atoms with Gasteiger partial charge in [0.25, 0.3) is 0 Å². The summed E-state index contributed by atoms with van der Waals surface area (Å²) >= 11 is 0.